The number of hydrogen-bond acceptors (Lipinski definition) is 2. The van der Waals surface area contributed by atoms with Crippen LogP contribution in [-0.2, 0) is 10.2 Å². The lowest BCUT2D eigenvalue weighted by Crippen LogP contribution is -2.47. The van der Waals surface area contributed by atoms with Gasteiger partial charge >= 0.3 is 0 Å². The van der Waals surface area contributed by atoms with E-state index in [9.17, 15) is 8.42 Å². The van der Waals surface area contributed by atoms with Crippen LogP contribution in [0, 0.1) is 5.92 Å². The van der Waals surface area contributed by atoms with Crippen molar-refractivity contribution < 1.29 is 8.42 Å². The van der Waals surface area contributed by atoms with Crippen molar-refractivity contribution in [3.8, 4) is 0 Å². The lowest BCUT2D eigenvalue weighted by atomic mass is 10.0. The second-order valence-corrected chi connectivity index (χ2v) is 7.75. The van der Waals surface area contributed by atoms with Gasteiger partial charge in [-0.3, -0.25) is 0 Å². The van der Waals surface area contributed by atoms with Gasteiger partial charge in [-0.25, -0.2) is 0 Å². The van der Waals surface area contributed by atoms with Crippen LogP contribution < -0.4 is 0 Å². The number of piperidine rings is 1. The first-order chi connectivity index (χ1) is 8.52. The molecule has 0 aromatic carbocycles. The molecule has 1 fully saturated rings. The maximum absolute atomic E-state index is 12.5. The highest BCUT2D eigenvalue weighted by molar-refractivity contribution is 9.09. The fourth-order valence-electron chi connectivity index (χ4n) is 2.15. The quantitative estimate of drug-likeness (QED) is 0.668. The molecule has 0 saturated carbocycles. The Bertz CT molecular complexity index is 327. The summed E-state index contributed by atoms with van der Waals surface area (Å²) >= 11 is 3.34. The molecule has 0 aromatic rings. The molecule has 1 aliphatic rings. The molecular formula is C12H25BrN2O2S. The largest absolute Gasteiger partial charge is 0.282 e. The first-order valence-electron chi connectivity index (χ1n) is 6.83. The van der Waals surface area contributed by atoms with Gasteiger partial charge in [0.1, 0.15) is 0 Å². The first-order valence-corrected chi connectivity index (χ1v) is 9.35. The molecule has 6 heteroatoms. The van der Waals surface area contributed by atoms with Crippen molar-refractivity contribution in [2.45, 2.75) is 39.5 Å². The molecule has 1 rings (SSSR count). The maximum atomic E-state index is 12.5. The topological polar surface area (TPSA) is 40.6 Å². The molecule has 4 nitrogen and oxygen atoms in total. The van der Waals surface area contributed by atoms with Gasteiger partial charge in [-0.1, -0.05) is 36.2 Å². The predicted molar refractivity (Wildman–Crippen MR) is 79.2 cm³/mol. The number of rotatable bonds is 7. The molecule has 0 radical (unpaired) electrons. The van der Waals surface area contributed by atoms with E-state index < -0.39 is 10.2 Å². The average Bonchev–Trinajstić information content (AvgIpc) is 2.35. The van der Waals surface area contributed by atoms with Crippen molar-refractivity contribution in [3.05, 3.63) is 0 Å². The number of unbranched alkanes of at least 4 members (excludes halogenated alkanes) is 1. The summed E-state index contributed by atoms with van der Waals surface area (Å²) in [6, 6.07) is 0. The lowest BCUT2D eigenvalue weighted by molar-refractivity contribution is 0.265. The van der Waals surface area contributed by atoms with Gasteiger partial charge in [-0.05, 0) is 25.2 Å². The van der Waals surface area contributed by atoms with E-state index in [4.69, 9.17) is 0 Å². The number of halogens is 1. The third-order valence-corrected chi connectivity index (χ3v) is 5.88. The van der Waals surface area contributed by atoms with E-state index in [0.717, 1.165) is 25.7 Å². The molecule has 0 N–H and O–H groups in total. The van der Waals surface area contributed by atoms with Gasteiger partial charge in [0.2, 0.25) is 0 Å². The van der Waals surface area contributed by atoms with Crippen LogP contribution in [0.2, 0.25) is 0 Å². The number of hydrogen-bond donors (Lipinski definition) is 0. The van der Waals surface area contributed by atoms with Crippen molar-refractivity contribution in [3.63, 3.8) is 0 Å². The minimum absolute atomic E-state index is 0.564. The molecule has 0 amide bonds. The monoisotopic (exact) mass is 340 g/mol. The van der Waals surface area contributed by atoms with E-state index in [0.29, 0.717) is 37.4 Å². The Balaban J connectivity index is 2.68. The summed E-state index contributed by atoms with van der Waals surface area (Å²) in [5.41, 5.74) is 0. The van der Waals surface area contributed by atoms with Crippen LogP contribution >= 0.6 is 15.9 Å². The Morgan fingerprint density at radius 1 is 1.28 bits per heavy atom. The van der Waals surface area contributed by atoms with Crippen molar-refractivity contribution >= 4 is 26.1 Å². The Morgan fingerprint density at radius 3 is 2.39 bits per heavy atom. The van der Waals surface area contributed by atoms with Gasteiger partial charge in [-0.2, -0.15) is 17.0 Å². The molecule has 18 heavy (non-hydrogen) atoms. The molecule has 0 bridgehead atoms. The average molecular weight is 341 g/mol. The highest BCUT2D eigenvalue weighted by Gasteiger charge is 2.31. The van der Waals surface area contributed by atoms with Gasteiger partial charge in [-0.15, -0.1) is 0 Å². The fraction of sp³-hybridized carbons (Fsp3) is 1.00. The first kappa shape index (κ1) is 16.4. The minimum Gasteiger partial charge on any atom is -0.195 e. The normalized spacial score (nSPS) is 19.6. The van der Waals surface area contributed by atoms with Crippen LogP contribution in [0.25, 0.3) is 0 Å². The van der Waals surface area contributed by atoms with E-state index in [1.165, 1.54) is 0 Å². The van der Waals surface area contributed by atoms with Crippen LogP contribution in [0.3, 0.4) is 0 Å². The van der Waals surface area contributed by atoms with Crippen molar-refractivity contribution in [1.29, 1.82) is 0 Å². The molecular weight excluding hydrogens is 316 g/mol. The summed E-state index contributed by atoms with van der Waals surface area (Å²) in [5.74, 6) is 0.650. The highest BCUT2D eigenvalue weighted by Crippen LogP contribution is 2.21. The van der Waals surface area contributed by atoms with E-state index in [2.05, 4.69) is 29.8 Å². The lowest BCUT2D eigenvalue weighted by Gasteiger charge is -2.33. The third-order valence-electron chi connectivity index (χ3n) is 3.49. The zero-order valence-electron chi connectivity index (χ0n) is 11.4. The zero-order chi connectivity index (χ0) is 13.6. The van der Waals surface area contributed by atoms with E-state index in [1.807, 2.05) is 0 Å². The third kappa shape index (κ3) is 4.47. The number of alkyl halides is 1. The SMILES string of the molecule is CCCCN(CCBr)S(=O)(=O)N1CCC(C)CC1. The minimum atomic E-state index is -3.25. The van der Waals surface area contributed by atoms with Crippen molar-refractivity contribution in [2.75, 3.05) is 31.5 Å². The summed E-state index contributed by atoms with van der Waals surface area (Å²) in [7, 11) is -3.25. The van der Waals surface area contributed by atoms with Crippen LogP contribution in [0.5, 0.6) is 0 Å². The van der Waals surface area contributed by atoms with Crippen LogP contribution in [0.15, 0.2) is 0 Å². The molecule has 1 aliphatic heterocycles. The second-order valence-electron chi connectivity index (χ2n) is 5.03. The predicted octanol–water partition coefficient (Wildman–Crippen LogP) is 2.46. The fourth-order valence-corrected chi connectivity index (χ4v) is 4.49. The van der Waals surface area contributed by atoms with Gasteiger partial charge in [0.15, 0.2) is 0 Å². The molecule has 0 atom stereocenters. The summed E-state index contributed by atoms with van der Waals surface area (Å²) in [6.45, 7) is 6.83. The zero-order valence-corrected chi connectivity index (χ0v) is 13.8. The Labute approximate surface area is 120 Å². The molecule has 0 aliphatic carbocycles. The molecule has 1 heterocycles. The molecule has 108 valence electrons. The Hall–Kier alpha value is 0.350. The molecule has 0 unspecified atom stereocenters. The summed E-state index contributed by atoms with van der Waals surface area (Å²) in [6.07, 6.45) is 3.91. The molecule has 0 spiro atoms. The highest BCUT2D eigenvalue weighted by atomic mass is 79.9. The van der Waals surface area contributed by atoms with Crippen LogP contribution in [-0.4, -0.2) is 48.5 Å². The van der Waals surface area contributed by atoms with E-state index >= 15 is 0 Å². The van der Waals surface area contributed by atoms with Gasteiger partial charge in [0, 0.05) is 31.5 Å². The van der Waals surface area contributed by atoms with Crippen molar-refractivity contribution in [1.82, 2.24) is 8.61 Å². The van der Waals surface area contributed by atoms with Crippen LogP contribution in [0.4, 0.5) is 0 Å². The van der Waals surface area contributed by atoms with Gasteiger partial charge < -0.3 is 0 Å². The Morgan fingerprint density at radius 2 is 1.89 bits per heavy atom. The summed E-state index contributed by atoms with van der Waals surface area (Å²) in [4.78, 5) is 0. The smallest absolute Gasteiger partial charge is 0.195 e. The maximum Gasteiger partial charge on any atom is 0.282 e. The van der Waals surface area contributed by atoms with E-state index in [1.54, 1.807) is 8.61 Å². The van der Waals surface area contributed by atoms with Gasteiger partial charge in [0.25, 0.3) is 10.2 Å². The van der Waals surface area contributed by atoms with Gasteiger partial charge in [0.05, 0.1) is 0 Å². The summed E-state index contributed by atoms with van der Waals surface area (Å²) < 4.78 is 28.3. The van der Waals surface area contributed by atoms with E-state index in [-0.39, 0.29) is 0 Å². The Kier molecular flexibility index (Phi) is 7.13. The number of nitrogens with zero attached hydrogens (tertiary/aromatic N) is 2. The standard InChI is InChI=1S/C12H25BrN2O2S/c1-3-4-8-14(11-7-13)18(16,17)15-9-5-12(2)6-10-15/h12H,3-11H2,1-2H3. The second kappa shape index (κ2) is 7.82. The molecule has 1 saturated heterocycles. The summed E-state index contributed by atoms with van der Waals surface area (Å²) in [5, 5.41) is 0.695. The molecule has 0 aromatic heterocycles. The van der Waals surface area contributed by atoms with Crippen LogP contribution in [0.1, 0.15) is 39.5 Å². The van der Waals surface area contributed by atoms with Crippen molar-refractivity contribution in [2.24, 2.45) is 5.92 Å².